The molecule has 0 radical (unpaired) electrons. The van der Waals surface area contributed by atoms with Crippen LogP contribution in [0.1, 0.15) is 71.1 Å². The summed E-state index contributed by atoms with van der Waals surface area (Å²) in [6.07, 6.45) is 12.0. The van der Waals surface area contributed by atoms with Crippen LogP contribution in [0.4, 0.5) is 0 Å². The van der Waals surface area contributed by atoms with E-state index in [1.54, 1.807) is 0 Å². The molecule has 1 fully saturated rings. The largest absolute Gasteiger partial charge is 0.396 e. The molecule has 0 saturated carbocycles. The Morgan fingerprint density at radius 1 is 0.826 bits per heavy atom. The van der Waals surface area contributed by atoms with Crippen LogP contribution in [-0.4, -0.2) is 66.6 Å². The Balaban J connectivity index is 1.94. The van der Waals surface area contributed by atoms with E-state index in [4.69, 9.17) is 5.11 Å². The van der Waals surface area contributed by atoms with Crippen molar-refractivity contribution in [2.75, 3.05) is 45.9 Å². The highest BCUT2D eigenvalue weighted by molar-refractivity contribution is 5.80. The van der Waals surface area contributed by atoms with E-state index in [0.717, 1.165) is 52.0 Å². The van der Waals surface area contributed by atoms with E-state index >= 15 is 0 Å². The van der Waals surface area contributed by atoms with Gasteiger partial charge in [0.2, 0.25) is 0 Å². The molecule has 0 bridgehead atoms. The highest BCUT2D eigenvalue weighted by Crippen LogP contribution is 2.10. The number of ketones is 1. The number of hydrogen-bond donors (Lipinski definition) is 1. The molecule has 23 heavy (non-hydrogen) atoms. The summed E-state index contributed by atoms with van der Waals surface area (Å²) >= 11 is 0. The van der Waals surface area contributed by atoms with Gasteiger partial charge in [0.05, 0.1) is 6.54 Å². The molecule has 0 unspecified atom stereocenters. The van der Waals surface area contributed by atoms with Crippen LogP contribution in [-0.2, 0) is 4.79 Å². The van der Waals surface area contributed by atoms with E-state index in [1.165, 1.54) is 44.9 Å². The van der Waals surface area contributed by atoms with E-state index in [2.05, 4.69) is 16.7 Å². The van der Waals surface area contributed by atoms with Crippen LogP contribution in [0.15, 0.2) is 0 Å². The normalized spacial score (nSPS) is 16.8. The molecule has 1 aliphatic heterocycles. The second-order valence-electron chi connectivity index (χ2n) is 6.96. The van der Waals surface area contributed by atoms with Crippen LogP contribution in [0.5, 0.6) is 0 Å². The third-order valence-electron chi connectivity index (χ3n) is 4.81. The number of Topliss-reactive ketones (excluding diaryl/α,β-unsaturated/α-hetero) is 1. The van der Waals surface area contributed by atoms with Gasteiger partial charge in [0.25, 0.3) is 0 Å². The first kappa shape index (κ1) is 20.6. The maximum absolute atomic E-state index is 12.1. The minimum absolute atomic E-state index is 0.275. The number of piperazine rings is 1. The van der Waals surface area contributed by atoms with Crippen LogP contribution in [0, 0.1) is 0 Å². The number of carbonyl (C=O) groups is 1. The zero-order chi connectivity index (χ0) is 16.8. The quantitative estimate of drug-likeness (QED) is 0.498. The summed E-state index contributed by atoms with van der Waals surface area (Å²) in [5.74, 6) is 0.416. The van der Waals surface area contributed by atoms with E-state index in [1.807, 2.05) is 0 Å². The first-order chi connectivity index (χ1) is 11.3. The third kappa shape index (κ3) is 10.9. The molecule has 0 aliphatic carbocycles. The molecule has 0 aromatic rings. The summed E-state index contributed by atoms with van der Waals surface area (Å²) in [5.41, 5.74) is 0. The Kier molecular flexibility index (Phi) is 12.5. The van der Waals surface area contributed by atoms with Crippen molar-refractivity contribution >= 4 is 5.78 Å². The molecule has 4 heteroatoms. The number of aliphatic hydroxyl groups is 1. The monoisotopic (exact) mass is 326 g/mol. The van der Waals surface area contributed by atoms with Gasteiger partial charge >= 0.3 is 0 Å². The predicted octanol–water partition coefficient (Wildman–Crippen LogP) is 3.09. The lowest BCUT2D eigenvalue weighted by Crippen LogP contribution is -2.48. The van der Waals surface area contributed by atoms with Crippen molar-refractivity contribution in [3.05, 3.63) is 0 Å². The number of aliphatic hydroxyl groups excluding tert-OH is 1. The van der Waals surface area contributed by atoms with Crippen LogP contribution >= 0.6 is 0 Å². The van der Waals surface area contributed by atoms with Crippen LogP contribution in [0.3, 0.4) is 0 Å². The summed E-state index contributed by atoms with van der Waals surface area (Å²) in [5, 5.41) is 8.86. The minimum Gasteiger partial charge on any atom is -0.396 e. The SMILES string of the molecule is CCCCCCCCCCC(=O)CN1CCN(CCCO)CC1. The molecule has 1 heterocycles. The average molecular weight is 327 g/mol. The lowest BCUT2D eigenvalue weighted by atomic mass is 10.1. The van der Waals surface area contributed by atoms with Gasteiger partial charge in [-0.25, -0.2) is 0 Å². The summed E-state index contributed by atoms with van der Waals surface area (Å²) in [6.45, 7) is 8.21. The summed E-state index contributed by atoms with van der Waals surface area (Å²) in [4.78, 5) is 16.7. The molecule has 136 valence electrons. The van der Waals surface area contributed by atoms with Gasteiger partial charge in [-0.3, -0.25) is 9.69 Å². The van der Waals surface area contributed by atoms with E-state index in [-0.39, 0.29) is 6.61 Å². The van der Waals surface area contributed by atoms with Crippen molar-refractivity contribution in [2.45, 2.75) is 71.1 Å². The van der Waals surface area contributed by atoms with Gasteiger partial charge < -0.3 is 10.0 Å². The van der Waals surface area contributed by atoms with Gasteiger partial charge in [-0.2, -0.15) is 0 Å². The maximum Gasteiger partial charge on any atom is 0.146 e. The molecule has 0 aromatic heterocycles. The first-order valence-corrected chi connectivity index (χ1v) is 9.83. The number of hydrogen-bond acceptors (Lipinski definition) is 4. The Morgan fingerprint density at radius 3 is 2.00 bits per heavy atom. The number of nitrogens with zero attached hydrogens (tertiary/aromatic N) is 2. The molecular weight excluding hydrogens is 288 g/mol. The molecule has 0 atom stereocenters. The Bertz CT molecular complexity index is 289. The third-order valence-corrected chi connectivity index (χ3v) is 4.81. The Morgan fingerprint density at radius 2 is 1.39 bits per heavy atom. The topological polar surface area (TPSA) is 43.8 Å². The van der Waals surface area contributed by atoms with Crippen molar-refractivity contribution in [2.24, 2.45) is 0 Å². The molecular formula is C19H38N2O2. The fourth-order valence-corrected chi connectivity index (χ4v) is 3.25. The summed E-state index contributed by atoms with van der Waals surface area (Å²) in [7, 11) is 0. The molecule has 4 nitrogen and oxygen atoms in total. The van der Waals surface area contributed by atoms with Crippen molar-refractivity contribution in [1.29, 1.82) is 0 Å². The van der Waals surface area contributed by atoms with E-state index in [0.29, 0.717) is 12.3 Å². The molecule has 1 aliphatic rings. The van der Waals surface area contributed by atoms with Crippen molar-refractivity contribution in [3.63, 3.8) is 0 Å². The molecule has 0 spiro atoms. The summed E-state index contributed by atoms with van der Waals surface area (Å²) in [6, 6.07) is 0. The fourth-order valence-electron chi connectivity index (χ4n) is 3.25. The van der Waals surface area contributed by atoms with Gasteiger partial charge in [0.1, 0.15) is 5.78 Å². The second-order valence-corrected chi connectivity index (χ2v) is 6.96. The predicted molar refractivity (Wildman–Crippen MR) is 96.8 cm³/mol. The first-order valence-electron chi connectivity index (χ1n) is 9.83. The van der Waals surface area contributed by atoms with Crippen molar-refractivity contribution in [3.8, 4) is 0 Å². The lowest BCUT2D eigenvalue weighted by molar-refractivity contribution is -0.120. The van der Waals surface area contributed by atoms with Crippen LogP contribution in [0.25, 0.3) is 0 Å². The van der Waals surface area contributed by atoms with E-state index in [9.17, 15) is 4.79 Å². The zero-order valence-corrected chi connectivity index (χ0v) is 15.3. The Labute approximate surface area is 143 Å². The Hall–Kier alpha value is -0.450. The standard InChI is InChI=1S/C19H38N2O2/c1-2-3-4-5-6-7-8-9-11-19(23)18-21-15-13-20(14-16-21)12-10-17-22/h22H,2-18H2,1H3. The highest BCUT2D eigenvalue weighted by atomic mass is 16.3. The lowest BCUT2D eigenvalue weighted by Gasteiger charge is -2.34. The number of unbranched alkanes of at least 4 members (excludes halogenated alkanes) is 7. The average Bonchev–Trinajstić information content (AvgIpc) is 2.56. The summed E-state index contributed by atoms with van der Waals surface area (Å²) < 4.78 is 0. The molecule has 0 amide bonds. The van der Waals surface area contributed by atoms with E-state index < -0.39 is 0 Å². The number of rotatable bonds is 14. The minimum atomic E-state index is 0.275. The smallest absolute Gasteiger partial charge is 0.146 e. The molecule has 0 aromatic carbocycles. The highest BCUT2D eigenvalue weighted by Gasteiger charge is 2.18. The van der Waals surface area contributed by atoms with Crippen molar-refractivity contribution in [1.82, 2.24) is 9.80 Å². The zero-order valence-electron chi connectivity index (χ0n) is 15.3. The van der Waals surface area contributed by atoms with Gasteiger partial charge in [0, 0.05) is 45.8 Å². The maximum atomic E-state index is 12.1. The van der Waals surface area contributed by atoms with Gasteiger partial charge in [-0.15, -0.1) is 0 Å². The second kappa shape index (κ2) is 13.9. The molecule has 1 rings (SSSR count). The molecule has 1 N–H and O–H groups in total. The fraction of sp³-hybridized carbons (Fsp3) is 0.947. The number of carbonyl (C=O) groups excluding carboxylic acids is 1. The van der Waals surface area contributed by atoms with Gasteiger partial charge in [-0.1, -0.05) is 51.9 Å². The van der Waals surface area contributed by atoms with Gasteiger partial charge in [0.15, 0.2) is 0 Å². The van der Waals surface area contributed by atoms with Crippen molar-refractivity contribution < 1.29 is 9.90 Å². The molecule has 1 saturated heterocycles. The van der Waals surface area contributed by atoms with Crippen LogP contribution in [0.2, 0.25) is 0 Å². The van der Waals surface area contributed by atoms with Gasteiger partial charge in [-0.05, 0) is 12.8 Å². The van der Waals surface area contributed by atoms with Crippen LogP contribution < -0.4 is 0 Å².